The van der Waals surface area contributed by atoms with Crippen LogP contribution < -0.4 is 0 Å². The molecule has 0 amide bonds. The van der Waals surface area contributed by atoms with E-state index in [2.05, 4.69) is 16.7 Å². The molecule has 0 aliphatic carbocycles. The van der Waals surface area contributed by atoms with Crippen molar-refractivity contribution < 1.29 is 9.90 Å². The smallest absolute Gasteiger partial charge is 0.332 e. The minimum atomic E-state index is -0.995. The van der Waals surface area contributed by atoms with Crippen molar-refractivity contribution in [1.82, 2.24) is 14.8 Å². The fourth-order valence-electron chi connectivity index (χ4n) is 1.21. The predicted octanol–water partition coefficient (Wildman–Crippen LogP) is 1.04. The zero-order valence-corrected chi connectivity index (χ0v) is 9.03. The van der Waals surface area contributed by atoms with Gasteiger partial charge in [0, 0.05) is 12.8 Å². The molecule has 5 heteroatoms. The van der Waals surface area contributed by atoms with Crippen LogP contribution in [0.15, 0.2) is 12.2 Å². The summed E-state index contributed by atoms with van der Waals surface area (Å²) in [7, 11) is 0. The summed E-state index contributed by atoms with van der Waals surface area (Å²) in [6.45, 7) is 7.60. The van der Waals surface area contributed by atoms with Crippen LogP contribution >= 0.6 is 0 Å². The lowest BCUT2D eigenvalue weighted by molar-refractivity contribution is -0.132. The van der Waals surface area contributed by atoms with Crippen LogP contribution in [0.2, 0.25) is 0 Å². The zero-order chi connectivity index (χ0) is 11.4. The third-order valence-electron chi connectivity index (χ3n) is 2.07. The molecule has 0 aromatic carbocycles. The van der Waals surface area contributed by atoms with Gasteiger partial charge in [-0.25, -0.2) is 14.5 Å². The van der Waals surface area contributed by atoms with E-state index >= 15 is 0 Å². The van der Waals surface area contributed by atoms with Crippen LogP contribution in [0.5, 0.6) is 0 Å². The molecule has 1 N–H and O–H groups in total. The first-order valence-corrected chi connectivity index (χ1v) is 4.92. The number of rotatable bonds is 5. The molecule has 15 heavy (non-hydrogen) atoms. The Morgan fingerprint density at radius 3 is 2.60 bits per heavy atom. The van der Waals surface area contributed by atoms with E-state index in [9.17, 15) is 4.79 Å². The molecule has 0 radical (unpaired) electrons. The summed E-state index contributed by atoms with van der Waals surface area (Å²) < 4.78 is 1.61. The van der Waals surface area contributed by atoms with Crippen molar-refractivity contribution in [2.24, 2.45) is 0 Å². The van der Waals surface area contributed by atoms with Gasteiger partial charge >= 0.3 is 5.97 Å². The molecule has 1 rings (SSSR count). The maximum atomic E-state index is 10.6. The van der Waals surface area contributed by atoms with Gasteiger partial charge in [-0.15, -0.1) is 0 Å². The highest BCUT2D eigenvalue weighted by Gasteiger charge is 2.11. The number of hydrogen-bond acceptors (Lipinski definition) is 3. The Bertz CT molecular complexity index is 382. The fourth-order valence-corrected chi connectivity index (χ4v) is 1.21. The molecule has 82 valence electrons. The maximum Gasteiger partial charge on any atom is 0.332 e. The number of carboxylic acid groups (broad SMARTS) is 1. The summed E-state index contributed by atoms with van der Waals surface area (Å²) in [5.41, 5.74) is 0.122. The molecule has 0 saturated carbocycles. The molecule has 5 nitrogen and oxygen atoms in total. The number of aromatic nitrogens is 3. The van der Waals surface area contributed by atoms with Gasteiger partial charge in [0.1, 0.15) is 5.82 Å². The number of nitrogens with zero attached hydrogens (tertiary/aromatic N) is 3. The summed E-state index contributed by atoms with van der Waals surface area (Å²) in [6.07, 6.45) is 1.49. The van der Waals surface area contributed by atoms with Gasteiger partial charge in [-0.05, 0) is 0 Å². The molecular weight excluding hydrogens is 194 g/mol. The molecule has 0 aliphatic rings. The van der Waals surface area contributed by atoms with Crippen molar-refractivity contribution in [3.05, 3.63) is 23.8 Å². The van der Waals surface area contributed by atoms with Crippen LogP contribution in [0.4, 0.5) is 0 Å². The van der Waals surface area contributed by atoms with Crippen molar-refractivity contribution in [3.8, 4) is 0 Å². The molecule has 0 fully saturated rings. The Balaban J connectivity index is 2.88. The second kappa shape index (κ2) is 4.72. The van der Waals surface area contributed by atoms with Gasteiger partial charge < -0.3 is 5.11 Å². The van der Waals surface area contributed by atoms with Gasteiger partial charge in [0.05, 0.1) is 12.1 Å². The van der Waals surface area contributed by atoms with Crippen LogP contribution in [0.25, 0.3) is 0 Å². The van der Waals surface area contributed by atoms with Crippen molar-refractivity contribution >= 4 is 5.97 Å². The Labute approximate surface area is 88.4 Å². The average Bonchev–Trinajstić information content (AvgIpc) is 2.60. The first-order valence-electron chi connectivity index (χ1n) is 4.92. The molecule has 0 aliphatic heterocycles. The zero-order valence-electron chi connectivity index (χ0n) is 9.03. The minimum absolute atomic E-state index is 0.122. The van der Waals surface area contributed by atoms with Gasteiger partial charge in [0.25, 0.3) is 0 Å². The van der Waals surface area contributed by atoms with E-state index in [0.717, 1.165) is 24.5 Å². The van der Waals surface area contributed by atoms with Gasteiger partial charge in [-0.1, -0.05) is 20.4 Å². The molecule has 1 aromatic heterocycles. The van der Waals surface area contributed by atoms with E-state index in [-0.39, 0.29) is 12.1 Å². The van der Waals surface area contributed by atoms with E-state index < -0.39 is 5.97 Å². The van der Waals surface area contributed by atoms with Crippen LogP contribution in [0, 0.1) is 0 Å². The Morgan fingerprint density at radius 2 is 2.13 bits per heavy atom. The largest absolute Gasteiger partial charge is 0.478 e. The highest BCUT2D eigenvalue weighted by molar-refractivity contribution is 5.85. The van der Waals surface area contributed by atoms with Gasteiger partial charge in [0.2, 0.25) is 0 Å². The monoisotopic (exact) mass is 209 g/mol. The lowest BCUT2D eigenvalue weighted by atomic mass is 10.3. The second-order valence-corrected chi connectivity index (χ2v) is 3.22. The predicted molar refractivity (Wildman–Crippen MR) is 55.6 cm³/mol. The normalized spacial score (nSPS) is 10.3. The van der Waals surface area contributed by atoms with Crippen LogP contribution in [0.3, 0.4) is 0 Å². The van der Waals surface area contributed by atoms with Crippen molar-refractivity contribution in [3.63, 3.8) is 0 Å². The summed E-state index contributed by atoms with van der Waals surface area (Å²) in [6, 6.07) is 0. The van der Waals surface area contributed by atoms with Gasteiger partial charge in [-0.2, -0.15) is 5.10 Å². The van der Waals surface area contributed by atoms with Gasteiger partial charge in [-0.3, -0.25) is 0 Å². The Hall–Kier alpha value is -1.65. The number of carboxylic acids is 1. The third kappa shape index (κ3) is 2.65. The standard InChI is InChI=1S/C10H15N3O2/c1-4-8-11-9(5-2)13(12-8)6-7(3)10(14)15/h3-6H2,1-2H3,(H,14,15). The summed E-state index contributed by atoms with van der Waals surface area (Å²) in [5.74, 6) is 0.546. The van der Waals surface area contributed by atoms with Crippen molar-refractivity contribution in [1.29, 1.82) is 0 Å². The molecule has 1 aromatic rings. The molecule has 0 saturated heterocycles. The first kappa shape index (κ1) is 11.4. The Morgan fingerprint density at radius 1 is 1.47 bits per heavy atom. The lowest BCUT2D eigenvalue weighted by Crippen LogP contribution is -2.12. The SMILES string of the molecule is C=C(Cn1nc(CC)nc1CC)C(=O)O. The number of aryl methyl sites for hydroxylation is 2. The second-order valence-electron chi connectivity index (χ2n) is 3.22. The minimum Gasteiger partial charge on any atom is -0.478 e. The van der Waals surface area contributed by atoms with Crippen molar-refractivity contribution in [2.45, 2.75) is 33.2 Å². The number of hydrogen-bond donors (Lipinski definition) is 1. The van der Waals surface area contributed by atoms with Gasteiger partial charge in [0.15, 0.2) is 5.82 Å². The highest BCUT2D eigenvalue weighted by Crippen LogP contribution is 2.04. The van der Waals surface area contributed by atoms with Crippen LogP contribution in [-0.2, 0) is 24.2 Å². The topological polar surface area (TPSA) is 68.0 Å². The molecular formula is C10H15N3O2. The highest BCUT2D eigenvalue weighted by atomic mass is 16.4. The van der Waals surface area contributed by atoms with Crippen LogP contribution in [-0.4, -0.2) is 25.8 Å². The Kier molecular flexibility index (Phi) is 3.60. The summed E-state index contributed by atoms with van der Waals surface area (Å²) in [5, 5.41) is 12.9. The average molecular weight is 209 g/mol. The molecule has 0 atom stereocenters. The molecule has 0 unspecified atom stereocenters. The lowest BCUT2D eigenvalue weighted by Gasteiger charge is -2.03. The molecule has 1 heterocycles. The fraction of sp³-hybridized carbons (Fsp3) is 0.500. The van der Waals surface area contributed by atoms with E-state index in [0.29, 0.717) is 0 Å². The molecule has 0 bridgehead atoms. The number of carbonyl (C=O) groups is 1. The van der Waals surface area contributed by atoms with E-state index in [4.69, 9.17) is 5.11 Å². The van der Waals surface area contributed by atoms with E-state index in [1.807, 2.05) is 13.8 Å². The number of aliphatic carboxylic acids is 1. The maximum absolute atomic E-state index is 10.6. The first-order chi connectivity index (χ1) is 7.08. The van der Waals surface area contributed by atoms with E-state index in [1.165, 1.54) is 0 Å². The summed E-state index contributed by atoms with van der Waals surface area (Å²) in [4.78, 5) is 14.9. The van der Waals surface area contributed by atoms with Crippen LogP contribution in [0.1, 0.15) is 25.5 Å². The van der Waals surface area contributed by atoms with E-state index in [1.54, 1.807) is 4.68 Å². The quantitative estimate of drug-likeness (QED) is 0.736. The molecule has 0 spiro atoms. The third-order valence-corrected chi connectivity index (χ3v) is 2.07. The van der Waals surface area contributed by atoms with Crippen molar-refractivity contribution in [2.75, 3.05) is 0 Å². The summed E-state index contributed by atoms with van der Waals surface area (Å²) >= 11 is 0.